The Kier molecular flexibility index (Phi) is 3.78. The van der Waals surface area contributed by atoms with Gasteiger partial charge in [0, 0.05) is 0 Å². The minimum Gasteiger partial charge on any atom is -0.450 e. The van der Waals surface area contributed by atoms with Crippen LogP contribution in [0, 0.1) is 17.8 Å². The zero-order valence-corrected chi connectivity index (χ0v) is 9.19. The van der Waals surface area contributed by atoms with E-state index in [0.29, 0.717) is 17.8 Å². The average molecular weight is 200 g/mol. The second-order valence-corrected chi connectivity index (χ2v) is 4.75. The van der Waals surface area contributed by atoms with Gasteiger partial charge in [0.05, 0.1) is 0 Å². The Bertz CT molecular complexity index is 201. The van der Waals surface area contributed by atoms with Crippen molar-refractivity contribution in [3.63, 3.8) is 0 Å². The van der Waals surface area contributed by atoms with E-state index in [4.69, 9.17) is 9.84 Å². The van der Waals surface area contributed by atoms with Crippen molar-refractivity contribution in [1.29, 1.82) is 0 Å². The quantitative estimate of drug-likeness (QED) is 0.696. The molecule has 0 amide bonds. The zero-order chi connectivity index (χ0) is 10.7. The normalized spacial score (nSPS) is 33.0. The molecule has 0 bridgehead atoms. The lowest BCUT2D eigenvalue weighted by atomic mass is 9.75. The van der Waals surface area contributed by atoms with Crippen molar-refractivity contribution in [2.24, 2.45) is 17.8 Å². The van der Waals surface area contributed by atoms with Crippen molar-refractivity contribution in [3.8, 4) is 0 Å². The standard InChI is InChI=1S/C11H20O3/c1-7(2)9-5-4-8(3)6-10(9)14-11(12)13/h7-10H,4-6H2,1-3H3,(H,12,13)/t8-,9+,10?/m1/s1. The maximum atomic E-state index is 10.5. The molecule has 3 nitrogen and oxygen atoms in total. The van der Waals surface area contributed by atoms with Gasteiger partial charge in [-0.1, -0.05) is 27.2 Å². The van der Waals surface area contributed by atoms with E-state index >= 15 is 0 Å². The molecule has 82 valence electrons. The number of hydrogen-bond acceptors (Lipinski definition) is 2. The highest BCUT2D eigenvalue weighted by Gasteiger charge is 2.33. The van der Waals surface area contributed by atoms with Crippen molar-refractivity contribution in [3.05, 3.63) is 0 Å². The molecule has 0 heterocycles. The molecular weight excluding hydrogens is 180 g/mol. The summed E-state index contributed by atoms with van der Waals surface area (Å²) in [6, 6.07) is 0. The molecule has 1 unspecified atom stereocenters. The van der Waals surface area contributed by atoms with E-state index in [0.717, 1.165) is 12.8 Å². The van der Waals surface area contributed by atoms with Crippen molar-refractivity contribution in [1.82, 2.24) is 0 Å². The molecule has 0 aromatic carbocycles. The zero-order valence-electron chi connectivity index (χ0n) is 9.19. The van der Waals surface area contributed by atoms with Crippen LogP contribution in [0.1, 0.15) is 40.0 Å². The summed E-state index contributed by atoms with van der Waals surface area (Å²) in [7, 11) is 0. The monoisotopic (exact) mass is 200 g/mol. The summed E-state index contributed by atoms with van der Waals surface area (Å²) in [4.78, 5) is 10.5. The lowest BCUT2D eigenvalue weighted by Gasteiger charge is -2.35. The summed E-state index contributed by atoms with van der Waals surface area (Å²) in [5.41, 5.74) is 0. The average Bonchev–Trinajstić information content (AvgIpc) is 2.01. The largest absolute Gasteiger partial charge is 0.506 e. The van der Waals surface area contributed by atoms with Crippen LogP contribution in [0.3, 0.4) is 0 Å². The maximum Gasteiger partial charge on any atom is 0.506 e. The minimum atomic E-state index is -1.13. The van der Waals surface area contributed by atoms with E-state index in [1.165, 1.54) is 6.42 Å². The van der Waals surface area contributed by atoms with Crippen LogP contribution in [0.5, 0.6) is 0 Å². The van der Waals surface area contributed by atoms with Gasteiger partial charge < -0.3 is 9.84 Å². The highest BCUT2D eigenvalue weighted by Crippen LogP contribution is 2.35. The third kappa shape index (κ3) is 2.89. The van der Waals surface area contributed by atoms with Gasteiger partial charge in [-0.25, -0.2) is 4.79 Å². The van der Waals surface area contributed by atoms with E-state index in [2.05, 4.69) is 20.8 Å². The molecule has 1 fully saturated rings. The third-order valence-electron chi connectivity index (χ3n) is 3.21. The first-order valence-electron chi connectivity index (χ1n) is 5.40. The molecule has 0 radical (unpaired) electrons. The molecular formula is C11H20O3. The molecule has 3 atom stereocenters. The van der Waals surface area contributed by atoms with Crippen molar-refractivity contribution < 1.29 is 14.6 Å². The maximum absolute atomic E-state index is 10.5. The lowest BCUT2D eigenvalue weighted by Crippen LogP contribution is -2.35. The van der Waals surface area contributed by atoms with Gasteiger partial charge in [-0.05, 0) is 30.6 Å². The first-order chi connectivity index (χ1) is 6.50. The number of ether oxygens (including phenoxy) is 1. The van der Waals surface area contributed by atoms with Gasteiger partial charge in [0.1, 0.15) is 6.10 Å². The summed E-state index contributed by atoms with van der Waals surface area (Å²) in [6.07, 6.45) is 1.96. The molecule has 0 aromatic heterocycles. The Morgan fingerprint density at radius 2 is 2.07 bits per heavy atom. The van der Waals surface area contributed by atoms with E-state index in [1.807, 2.05) is 0 Å². The van der Waals surface area contributed by atoms with E-state index in [9.17, 15) is 4.79 Å². The van der Waals surface area contributed by atoms with Gasteiger partial charge in [0.2, 0.25) is 0 Å². The summed E-state index contributed by atoms with van der Waals surface area (Å²) >= 11 is 0. The summed E-state index contributed by atoms with van der Waals surface area (Å²) in [5, 5.41) is 8.63. The molecule has 1 rings (SSSR count). The predicted molar refractivity (Wildman–Crippen MR) is 54.2 cm³/mol. The molecule has 1 aliphatic rings. The summed E-state index contributed by atoms with van der Waals surface area (Å²) < 4.78 is 4.95. The smallest absolute Gasteiger partial charge is 0.450 e. The van der Waals surface area contributed by atoms with Crippen LogP contribution in [0.25, 0.3) is 0 Å². The van der Waals surface area contributed by atoms with Crippen molar-refractivity contribution >= 4 is 6.16 Å². The van der Waals surface area contributed by atoms with Crippen LogP contribution in [0.15, 0.2) is 0 Å². The predicted octanol–water partition coefficient (Wildman–Crippen LogP) is 3.14. The first-order valence-corrected chi connectivity index (χ1v) is 5.40. The lowest BCUT2D eigenvalue weighted by molar-refractivity contribution is -0.0174. The highest BCUT2D eigenvalue weighted by molar-refractivity contribution is 5.57. The first kappa shape index (κ1) is 11.3. The molecule has 0 aromatic rings. The second kappa shape index (κ2) is 4.67. The van der Waals surface area contributed by atoms with Gasteiger partial charge in [0.15, 0.2) is 0 Å². The molecule has 0 aliphatic heterocycles. The van der Waals surface area contributed by atoms with Crippen molar-refractivity contribution in [2.75, 3.05) is 0 Å². The van der Waals surface area contributed by atoms with Crippen LogP contribution in [0.2, 0.25) is 0 Å². The Balaban J connectivity index is 2.58. The second-order valence-electron chi connectivity index (χ2n) is 4.75. The van der Waals surface area contributed by atoms with E-state index < -0.39 is 6.16 Å². The number of hydrogen-bond donors (Lipinski definition) is 1. The van der Waals surface area contributed by atoms with Gasteiger partial charge in [-0.15, -0.1) is 0 Å². The Morgan fingerprint density at radius 3 is 2.57 bits per heavy atom. The van der Waals surface area contributed by atoms with Gasteiger partial charge in [0.25, 0.3) is 0 Å². The van der Waals surface area contributed by atoms with Gasteiger partial charge >= 0.3 is 6.16 Å². The molecule has 14 heavy (non-hydrogen) atoms. The van der Waals surface area contributed by atoms with Crippen LogP contribution < -0.4 is 0 Å². The molecule has 1 aliphatic carbocycles. The number of carboxylic acid groups (broad SMARTS) is 1. The number of rotatable bonds is 2. The van der Waals surface area contributed by atoms with Crippen LogP contribution in [-0.2, 0) is 4.74 Å². The highest BCUT2D eigenvalue weighted by atomic mass is 16.7. The fraction of sp³-hybridized carbons (Fsp3) is 0.909. The van der Waals surface area contributed by atoms with Crippen LogP contribution in [-0.4, -0.2) is 17.4 Å². The molecule has 0 spiro atoms. The fourth-order valence-electron chi connectivity index (χ4n) is 2.38. The summed E-state index contributed by atoms with van der Waals surface area (Å²) in [6.45, 7) is 6.44. The molecule has 1 N–H and O–H groups in total. The van der Waals surface area contributed by atoms with Gasteiger partial charge in [-0.2, -0.15) is 0 Å². The number of carbonyl (C=O) groups is 1. The fourth-order valence-corrected chi connectivity index (χ4v) is 2.38. The van der Waals surface area contributed by atoms with Gasteiger partial charge in [-0.3, -0.25) is 0 Å². The van der Waals surface area contributed by atoms with E-state index in [-0.39, 0.29) is 6.10 Å². The topological polar surface area (TPSA) is 46.5 Å². The molecule has 1 saturated carbocycles. The Labute approximate surface area is 85.5 Å². The third-order valence-corrected chi connectivity index (χ3v) is 3.21. The SMILES string of the molecule is CC(C)[C@@H]1CC[C@@H](C)CC1OC(=O)O. The van der Waals surface area contributed by atoms with Crippen LogP contribution >= 0.6 is 0 Å². The summed E-state index contributed by atoms with van der Waals surface area (Å²) in [5.74, 6) is 1.50. The Morgan fingerprint density at radius 1 is 1.43 bits per heavy atom. The van der Waals surface area contributed by atoms with E-state index in [1.54, 1.807) is 0 Å². The Hall–Kier alpha value is -0.730. The van der Waals surface area contributed by atoms with Crippen LogP contribution in [0.4, 0.5) is 4.79 Å². The molecule has 0 saturated heterocycles. The minimum absolute atomic E-state index is 0.0868. The van der Waals surface area contributed by atoms with Crippen molar-refractivity contribution in [2.45, 2.75) is 46.1 Å². The molecule has 3 heteroatoms.